The summed E-state index contributed by atoms with van der Waals surface area (Å²) in [5.41, 5.74) is 2.05. The molecular weight excluding hydrogens is 180 g/mol. The lowest BCUT2D eigenvalue weighted by molar-refractivity contribution is 0.479. The van der Waals surface area contributed by atoms with Crippen molar-refractivity contribution >= 4 is 11.0 Å². The van der Waals surface area contributed by atoms with E-state index >= 15 is 0 Å². The van der Waals surface area contributed by atoms with Crippen LogP contribution in [0.25, 0.3) is 11.0 Å². The Labute approximate surface area is 80.2 Å². The molecule has 0 saturated heterocycles. The van der Waals surface area contributed by atoms with Gasteiger partial charge in [-0.1, -0.05) is 0 Å². The molecule has 0 fully saturated rings. The van der Waals surface area contributed by atoms with E-state index in [1.54, 1.807) is 13.0 Å². The molecule has 0 unspecified atom stereocenters. The van der Waals surface area contributed by atoms with E-state index in [1.807, 2.05) is 13.0 Å². The second kappa shape index (κ2) is 2.83. The van der Waals surface area contributed by atoms with E-state index in [1.165, 1.54) is 0 Å². The average molecular weight is 190 g/mol. The topological polar surface area (TPSA) is 66.0 Å². The van der Waals surface area contributed by atoms with E-state index in [4.69, 9.17) is 0 Å². The van der Waals surface area contributed by atoms with Crippen LogP contribution in [0.5, 0.6) is 5.75 Å². The molecular formula is C10H10N2O2. The molecule has 0 saturated carbocycles. The van der Waals surface area contributed by atoms with Crippen molar-refractivity contribution in [3.63, 3.8) is 0 Å². The van der Waals surface area contributed by atoms with Crippen LogP contribution >= 0.6 is 0 Å². The van der Waals surface area contributed by atoms with Crippen molar-refractivity contribution < 1.29 is 5.11 Å². The van der Waals surface area contributed by atoms with E-state index in [-0.39, 0.29) is 11.3 Å². The Hall–Kier alpha value is -1.84. The molecule has 4 nitrogen and oxygen atoms in total. The highest BCUT2D eigenvalue weighted by Crippen LogP contribution is 2.21. The highest BCUT2D eigenvalue weighted by Gasteiger charge is 2.05. The van der Waals surface area contributed by atoms with Gasteiger partial charge in [-0.05, 0) is 31.5 Å². The third-order valence-corrected chi connectivity index (χ3v) is 2.10. The average Bonchev–Trinajstić information content (AvgIpc) is 2.08. The Balaban J connectivity index is 2.96. The molecule has 0 atom stereocenters. The van der Waals surface area contributed by atoms with Crippen LogP contribution in [-0.2, 0) is 0 Å². The number of hydrogen-bond donors (Lipinski definition) is 2. The summed E-state index contributed by atoms with van der Waals surface area (Å²) in [5.74, 6) is 0.0598. The number of aromatic nitrogens is 2. The molecule has 2 N–H and O–H groups in total. The number of hydrogen-bond acceptors (Lipinski definition) is 3. The lowest BCUT2D eigenvalue weighted by Gasteiger charge is -2.02. The van der Waals surface area contributed by atoms with Crippen molar-refractivity contribution in [3.8, 4) is 5.75 Å². The molecule has 0 radical (unpaired) electrons. The fraction of sp³-hybridized carbons (Fsp3) is 0.200. The van der Waals surface area contributed by atoms with Crippen molar-refractivity contribution in [2.24, 2.45) is 0 Å². The maximum Gasteiger partial charge on any atom is 0.269 e. The van der Waals surface area contributed by atoms with Gasteiger partial charge in [-0.2, -0.15) is 0 Å². The molecule has 0 spiro atoms. The number of aromatic hydroxyl groups is 1. The first-order chi connectivity index (χ1) is 6.58. The van der Waals surface area contributed by atoms with Gasteiger partial charge in [-0.25, -0.2) is 4.98 Å². The number of nitrogens with one attached hydrogen (secondary N) is 1. The van der Waals surface area contributed by atoms with Crippen LogP contribution in [0.1, 0.15) is 11.3 Å². The number of aryl methyl sites for hydroxylation is 2. The number of nitrogens with zero attached hydrogens (tertiary/aromatic N) is 1. The van der Waals surface area contributed by atoms with Crippen LogP contribution in [-0.4, -0.2) is 15.1 Å². The second-order valence-corrected chi connectivity index (χ2v) is 3.33. The number of H-pyrrole nitrogens is 1. The molecule has 0 amide bonds. The summed E-state index contributed by atoms with van der Waals surface area (Å²) in [6, 6.07) is 3.41. The minimum Gasteiger partial charge on any atom is -0.506 e. The number of benzene rings is 1. The zero-order chi connectivity index (χ0) is 10.3. The number of aromatic amines is 1. The number of phenolic OH excluding ortho intramolecular Hbond substituents is 1. The van der Waals surface area contributed by atoms with Crippen LogP contribution in [0.2, 0.25) is 0 Å². The molecule has 72 valence electrons. The predicted molar refractivity (Wildman–Crippen MR) is 53.5 cm³/mol. The summed E-state index contributed by atoms with van der Waals surface area (Å²) in [6.07, 6.45) is 0. The standard InChI is InChI=1S/C10H10N2O2/c1-5-3-7-9(8(13)4-5)12-10(14)6(2)11-7/h3-4,13H,1-2H3,(H,12,14). The van der Waals surface area contributed by atoms with E-state index in [2.05, 4.69) is 9.97 Å². The minimum atomic E-state index is -0.267. The van der Waals surface area contributed by atoms with E-state index in [9.17, 15) is 9.90 Å². The Bertz CT molecular complexity index is 558. The first-order valence-electron chi connectivity index (χ1n) is 4.28. The molecule has 0 bridgehead atoms. The van der Waals surface area contributed by atoms with Gasteiger partial charge in [0, 0.05) is 0 Å². The SMILES string of the molecule is Cc1cc(O)c2[nH]c(=O)c(C)nc2c1. The predicted octanol–water partition coefficient (Wildman–Crippen LogP) is 1.25. The smallest absolute Gasteiger partial charge is 0.269 e. The molecule has 14 heavy (non-hydrogen) atoms. The zero-order valence-corrected chi connectivity index (χ0v) is 7.96. The maximum atomic E-state index is 11.2. The van der Waals surface area contributed by atoms with Crippen molar-refractivity contribution in [2.45, 2.75) is 13.8 Å². The molecule has 4 heteroatoms. The summed E-state index contributed by atoms with van der Waals surface area (Å²) >= 11 is 0. The van der Waals surface area contributed by atoms with Gasteiger partial charge < -0.3 is 10.1 Å². The van der Waals surface area contributed by atoms with Gasteiger partial charge in [0.25, 0.3) is 5.56 Å². The molecule has 0 aliphatic rings. The van der Waals surface area contributed by atoms with Gasteiger partial charge in [0.2, 0.25) is 0 Å². The van der Waals surface area contributed by atoms with Crippen molar-refractivity contribution in [2.75, 3.05) is 0 Å². The van der Waals surface area contributed by atoms with E-state index in [0.717, 1.165) is 5.56 Å². The zero-order valence-electron chi connectivity index (χ0n) is 7.96. The number of fused-ring (bicyclic) bond motifs is 1. The Kier molecular flexibility index (Phi) is 1.77. The first kappa shape index (κ1) is 8.74. The molecule has 1 aromatic carbocycles. The molecule has 1 heterocycles. The van der Waals surface area contributed by atoms with Gasteiger partial charge in [0.15, 0.2) is 0 Å². The van der Waals surface area contributed by atoms with Crippen molar-refractivity contribution in [1.29, 1.82) is 0 Å². The summed E-state index contributed by atoms with van der Waals surface area (Å²) in [4.78, 5) is 17.9. The van der Waals surface area contributed by atoms with Crippen LogP contribution in [0, 0.1) is 13.8 Å². The summed E-state index contributed by atoms with van der Waals surface area (Å²) < 4.78 is 0. The molecule has 0 aliphatic heterocycles. The fourth-order valence-electron chi connectivity index (χ4n) is 1.40. The fourth-order valence-corrected chi connectivity index (χ4v) is 1.40. The summed E-state index contributed by atoms with van der Waals surface area (Å²) in [5, 5.41) is 9.56. The van der Waals surface area contributed by atoms with Gasteiger partial charge in [0.1, 0.15) is 17.0 Å². The number of rotatable bonds is 0. The largest absolute Gasteiger partial charge is 0.506 e. The highest BCUT2D eigenvalue weighted by atomic mass is 16.3. The lowest BCUT2D eigenvalue weighted by Crippen LogP contribution is -2.11. The van der Waals surface area contributed by atoms with Crippen molar-refractivity contribution in [1.82, 2.24) is 9.97 Å². The van der Waals surface area contributed by atoms with Gasteiger partial charge in [-0.3, -0.25) is 4.79 Å². The van der Waals surface area contributed by atoms with Crippen LogP contribution in [0.15, 0.2) is 16.9 Å². The molecule has 0 aliphatic carbocycles. The van der Waals surface area contributed by atoms with Crippen LogP contribution < -0.4 is 5.56 Å². The highest BCUT2D eigenvalue weighted by molar-refractivity contribution is 5.81. The summed E-state index contributed by atoms with van der Waals surface area (Å²) in [6.45, 7) is 3.50. The maximum absolute atomic E-state index is 11.2. The third-order valence-electron chi connectivity index (χ3n) is 2.10. The van der Waals surface area contributed by atoms with E-state index in [0.29, 0.717) is 16.7 Å². The normalized spacial score (nSPS) is 10.7. The van der Waals surface area contributed by atoms with Gasteiger partial charge >= 0.3 is 0 Å². The monoisotopic (exact) mass is 190 g/mol. The molecule has 1 aromatic heterocycles. The van der Waals surface area contributed by atoms with E-state index < -0.39 is 0 Å². The van der Waals surface area contributed by atoms with Crippen LogP contribution in [0.4, 0.5) is 0 Å². The Morgan fingerprint density at radius 3 is 2.79 bits per heavy atom. The Morgan fingerprint density at radius 2 is 2.07 bits per heavy atom. The summed E-state index contributed by atoms with van der Waals surface area (Å²) in [7, 11) is 0. The van der Waals surface area contributed by atoms with Gasteiger partial charge in [-0.15, -0.1) is 0 Å². The van der Waals surface area contributed by atoms with Crippen molar-refractivity contribution in [3.05, 3.63) is 33.7 Å². The third kappa shape index (κ3) is 1.25. The Morgan fingerprint density at radius 1 is 1.36 bits per heavy atom. The molecule has 2 rings (SSSR count). The quantitative estimate of drug-likeness (QED) is 0.657. The first-order valence-corrected chi connectivity index (χ1v) is 4.28. The van der Waals surface area contributed by atoms with Gasteiger partial charge in [0.05, 0.1) is 5.52 Å². The number of phenols is 1. The lowest BCUT2D eigenvalue weighted by atomic mass is 10.2. The van der Waals surface area contributed by atoms with Crippen LogP contribution in [0.3, 0.4) is 0 Å². The minimum absolute atomic E-state index is 0.0598. The molecule has 2 aromatic rings. The second-order valence-electron chi connectivity index (χ2n) is 3.33.